The largest absolute Gasteiger partial charge is 0.871 e. The number of rotatable bonds is 5. The highest BCUT2D eigenvalue weighted by Crippen LogP contribution is 2.28. The van der Waals surface area contributed by atoms with Crippen LogP contribution in [0.3, 0.4) is 0 Å². The number of benzene rings is 2. The number of nitrogens with one attached hydrogen (secondary N) is 1. The fraction of sp³-hybridized carbons (Fsp3) is 0. The number of carboxylic acids is 1. The van der Waals surface area contributed by atoms with Crippen LogP contribution in [0.15, 0.2) is 36.4 Å². The van der Waals surface area contributed by atoms with Gasteiger partial charge in [-0.3, -0.25) is 25.0 Å². The maximum absolute atomic E-state index is 12.3. The number of nitrogens with zero attached hydrogens (tertiary/aromatic N) is 2. The molecule has 2 N–H and O–H groups in total. The van der Waals surface area contributed by atoms with Gasteiger partial charge in [0.25, 0.3) is 17.3 Å². The summed E-state index contributed by atoms with van der Waals surface area (Å²) in [5, 5.41) is 44.6. The molecule has 0 unspecified atom stereocenters. The fourth-order valence-electron chi connectivity index (χ4n) is 2.02. The van der Waals surface area contributed by atoms with Crippen molar-refractivity contribution in [3.05, 3.63) is 67.8 Å². The molecule has 1 amide bonds. The first kappa shape index (κ1) is 17.3. The summed E-state index contributed by atoms with van der Waals surface area (Å²) in [7, 11) is 0. The van der Waals surface area contributed by atoms with E-state index in [1.807, 2.05) is 5.32 Å². The molecule has 0 aliphatic carbocycles. The zero-order chi connectivity index (χ0) is 18.7. The molecule has 0 aliphatic rings. The van der Waals surface area contributed by atoms with Crippen molar-refractivity contribution in [2.45, 2.75) is 0 Å². The summed E-state index contributed by atoms with van der Waals surface area (Å²) in [4.78, 5) is 43.5. The summed E-state index contributed by atoms with van der Waals surface area (Å²) in [6, 6.07) is 5.53. The predicted molar refractivity (Wildman–Crippen MR) is 80.6 cm³/mol. The third kappa shape index (κ3) is 3.50. The highest BCUT2D eigenvalue weighted by molar-refractivity contribution is 6.13. The van der Waals surface area contributed by atoms with Crippen molar-refractivity contribution >= 4 is 28.9 Å². The van der Waals surface area contributed by atoms with Gasteiger partial charge in [-0.05, 0) is 6.07 Å². The fourth-order valence-corrected chi connectivity index (χ4v) is 2.02. The predicted octanol–water partition coefficient (Wildman–Crippen LogP) is 1.53. The maximum Gasteiger partial charge on any atom is 0.336 e. The smallest absolute Gasteiger partial charge is 0.336 e. The van der Waals surface area contributed by atoms with Gasteiger partial charge in [0.15, 0.2) is 0 Å². The molecular weight excluding hydrogens is 338 g/mol. The molecule has 25 heavy (non-hydrogen) atoms. The van der Waals surface area contributed by atoms with Gasteiger partial charge >= 0.3 is 5.97 Å². The van der Waals surface area contributed by atoms with E-state index in [9.17, 15) is 34.9 Å². The van der Waals surface area contributed by atoms with Gasteiger partial charge < -0.3 is 15.5 Å². The Morgan fingerprint density at radius 1 is 1.04 bits per heavy atom. The van der Waals surface area contributed by atoms with Crippen LogP contribution < -0.4 is 10.4 Å². The van der Waals surface area contributed by atoms with Gasteiger partial charge in [-0.2, -0.15) is 0 Å². The summed E-state index contributed by atoms with van der Waals surface area (Å²) in [6.07, 6.45) is 0. The van der Waals surface area contributed by atoms with Crippen molar-refractivity contribution in [1.29, 1.82) is 0 Å². The van der Waals surface area contributed by atoms with Crippen molar-refractivity contribution in [1.82, 2.24) is 0 Å². The number of carboxylic acid groups (broad SMARTS) is 1. The lowest BCUT2D eigenvalue weighted by atomic mass is 10.0. The van der Waals surface area contributed by atoms with Crippen LogP contribution in [0.4, 0.5) is 17.1 Å². The van der Waals surface area contributed by atoms with E-state index in [-0.39, 0.29) is 0 Å². The summed E-state index contributed by atoms with van der Waals surface area (Å²) in [5.41, 5.74) is -3.20. The van der Waals surface area contributed by atoms with Crippen LogP contribution in [0.1, 0.15) is 20.7 Å². The van der Waals surface area contributed by atoms with E-state index in [4.69, 9.17) is 5.11 Å². The second kappa shape index (κ2) is 6.62. The van der Waals surface area contributed by atoms with Gasteiger partial charge in [-0.1, -0.05) is 17.9 Å². The topological polar surface area (TPSA) is 176 Å². The Hall–Kier alpha value is -4.02. The maximum atomic E-state index is 12.3. The summed E-state index contributed by atoms with van der Waals surface area (Å²) in [6.45, 7) is 0. The molecule has 2 aromatic carbocycles. The van der Waals surface area contributed by atoms with E-state index in [0.717, 1.165) is 36.4 Å². The standard InChI is InChI=1S/C14H9N3O8/c18-11-5-4-7(16(22)23)6-9(11)15-13(19)12-8(14(20)21)2-1-3-10(12)17(24)25/h1-6,18H,(H,15,19)(H,20,21)/p-1. The zero-order valence-electron chi connectivity index (χ0n) is 12.2. The van der Waals surface area contributed by atoms with Crippen LogP contribution in [0.25, 0.3) is 0 Å². The van der Waals surface area contributed by atoms with Crippen LogP contribution in [0.2, 0.25) is 0 Å². The van der Waals surface area contributed by atoms with Crippen molar-refractivity contribution in [3.8, 4) is 5.75 Å². The SMILES string of the molecule is O=C(O)c1cccc([N+](=O)[O-])c1C(=O)Nc1cc([N+](=O)[O-])ccc1[O-]. The second-order valence-corrected chi connectivity index (χ2v) is 4.65. The molecule has 0 aliphatic heterocycles. The van der Waals surface area contributed by atoms with E-state index in [2.05, 4.69) is 0 Å². The van der Waals surface area contributed by atoms with Gasteiger partial charge in [0, 0.05) is 23.9 Å². The Labute approximate surface area is 138 Å². The molecule has 0 spiro atoms. The van der Waals surface area contributed by atoms with Crippen LogP contribution in [0, 0.1) is 20.2 Å². The molecule has 0 bridgehead atoms. The first-order chi connectivity index (χ1) is 11.7. The van der Waals surface area contributed by atoms with E-state index in [1.54, 1.807) is 0 Å². The lowest BCUT2D eigenvalue weighted by Crippen LogP contribution is -2.19. The van der Waals surface area contributed by atoms with Crippen LogP contribution in [-0.2, 0) is 0 Å². The Morgan fingerprint density at radius 3 is 2.28 bits per heavy atom. The number of nitro benzene ring substituents is 2. The van der Waals surface area contributed by atoms with Crippen LogP contribution >= 0.6 is 0 Å². The Bertz CT molecular complexity index is 877. The highest BCUT2D eigenvalue weighted by Gasteiger charge is 2.27. The molecule has 0 atom stereocenters. The quantitative estimate of drug-likeness (QED) is 0.604. The molecule has 11 heteroatoms. The molecule has 0 fully saturated rings. The minimum Gasteiger partial charge on any atom is -0.871 e. The first-order valence-corrected chi connectivity index (χ1v) is 6.50. The Kier molecular flexibility index (Phi) is 4.59. The zero-order valence-corrected chi connectivity index (χ0v) is 12.2. The summed E-state index contributed by atoms with van der Waals surface area (Å²) >= 11 is 0. The van der Waals surface area contributed by atoms with Crippen LogP contribution in [-0.4, -0.2) is 26.8 Å². The highest BCUT2D eigenvalue weighted by atomic mass is 16.6. The molecule has 2 aromatic rings. The summed E-state index contributed by atoms with van der Waals surface area (Å²) in [5.74, 6) is -3.62. The number of hydrogen-bond donors (Lipinski definition) is 2. The Morgan fingerprint density at radius 2 is 1.72 bits per heavy atom. The number of amides is 1. The number of nitro groups is 2. The van der Waals surface area contributed by atoms with Gasteiger partial charge in [-0.15, -0.1) is 0 Å². The average Bonchev–Trinajstić information content (AvgIpc) is 2.55. The molecule has 0 saturated carbocycles. The molecule has 2 rings (SSSR count). The van der Waals surface area contributed by atoms with E-state index >= 15 is 0 Å². The number of anilines is 1. The van der Waals surface area contributed by atoms with Gasteiger partial charge in [0.1, 0.15) is 5.56 Å². The van der Waals surface area contributed by atoms with Crippen molar-refractivity contribution < 1.29 is 29.6 Å². The Balaban J connectivity index is 2.52. The first-order valence-electron chi connectivity index (χ1n) is 6.50. The van der Waals surface area contributed by atoms with E-state index in [1.165, 1.54) is 0 Å². The van der Waals surface area contributed by atoms with Crippen molar-refractivity contribution in [2.75, 3.05) is 5.32 Å². The van der Waals surface area contributed by atoms with E-state index in [0.29, 0.717) is 0 Å². The van der Waals surface area contributed by atoms with Crippen molar-refractivity contribution in [3.63, 3.8) is 0 Å². The number of aromatic carboxylic acids is 1. The lowest BCUT2D eigenvalue weighted by molar-refractivity contribution is -0.385. The number of carbonyl (C=O) groups is 2. The minimum atomic E-state index is -1.59. The molecule has 0 radical (unpaired) electrons. The lowest BCUT2D eigenvalue weighted by Gasteiger charge is -2.14. The number of non-ortho nitro benzene ring substituents is 1. The molecular formula is C14H8N3O8-. The average molecular weight is 346 g/mol. The molecule has 0 aromatic heterocycles. The summed E-state index contributed by atoms with van der Waals surface area (Å²) < 4.78 is 0. The number of hydrogen-bond acceptors (Lipinski definition) is 7. The minimum absolute atomic E-state index is 0.490. The molecule has 128 valence electrons. The normalized spacial score (nSPS) is 10.1. The van der Waals surface area contributed by atoms with Crippen LogP contribution in [0.5, 0.6) is 5.75 Å². The second-order valence-electron chi connectivity index (χ2n) is 4.65. The monoisotopic (exact) mass is 346 g/mol. The third-order valence-corrected chi connectivity index (χ3v) is 3.12. The van der Waals surface area contributed by atoms with Crippen molar-refractivity contribution in [2.24, 2.45) is 0 Å². The van der Waals surface area contributed by atoms with Gasteiger partial charge in [0.05, 0.1) is 15.4 Å². The molecule has 0 heterocycles. The number of carbonyl (C=O) groups excluding carboxylic acids is 1. The molecule has 0 saturated heterocycles. The molecule has 11 nitrogen and oxygen atoms in total. The third-order valence-electron chi connectivity index (χ3n) is 3.12. The van der Waals surface area contributed by atoms with Gasteiger partial charge in [0.2, 0.25) is 0 Å². The van der Waals surface area contributed by atoms with Gasteiger partial charge in [-0.25, -0.2) is 4.79 Å². The van der Waals surface area contributed by atoms with E-state index < -0.39 is 55.7 Å².